The van der Waals surface area contributed by atoms with Crippen LogP contribution in [0.25, 0.3) is 0 Å². The van der Waals surface area contributed by atoms with Gasteiger partial charge in [0, 0.05) is 17.9 Å². The van der Waals surface area contributed by atoms with Crippen LogP contribution in [0.1, 0.15) is 10.4 Å². The summed E-state index contributed by atoms with van der Waals surface area (Å²) in [6, 6.07) is 12.9. The second-order valence-electron chi connectivity index (χ2n) is 3.59. The smallest absolute Gasteiger partial charge is 0.256 e. The lowest BCUT2D eigenvalue weighted by molar-refractivity contribution is 0.102. The van der Waals surface area contributed by atoms with Gasteiger partial charge in [0.2, 0.25) is 0 Å². The molecule has 1 amide bonds. The first kappa shape index (κ1) is 14.1. The minimum atomic E-state index is -0.149. The van der Waals surface area contributed by atoms with E-state index in [0.29, 0.717) is 10.6 Å². The average molecular weight is 483 g/mol. The molecule has 0 spiro atoms. The van der Waals surface area contributed by atoms with Crippen molar-refractivity contribution in [3.63, 3.8) is 0 Å². The largest absolute Gasteiger partial charge is 0.322 e. The number of carbonyl (C=O) groups excluding carboxylic acids is 1. The van der Waals surface area contributed by atoms with Gasteiger partial charge in [-0.2, -0.15) is 0 Å². The quantitative estimate of drug-likeness (QED) is 0.611. The number of anilines is 1. The van der Waals surface area contributed by atoms with E-state index in [0.717, 1.165) is 12.8 Å². The zero-order valence-electron chi connectivity index (χ0n) is 9.08. The van der Waals surface area contributed by atoms with E-state index in [1.807, 2.05) is 30.3 Å². The third kappa shape index (κ3) is 3.58. The van der Waals surface area contributed by atoms with Crippen LogP contribution >= 0.6 is 56.8 Å². The zero-order chi connectivity index (χ0) is 13.1. The third-order valence-corrected chi connectivity index (χ3v) is 4.10. The van der Waals surface area contributed by atoms with E-state index in [1.54, 1.807) is 12.1 Å². The van der Waals surface area contributed by atoms with Crippen LogP contribution in [0.5, 0.6) is 0 Å². The van der Waals surface area contributed by atoms with Gasteiger partial charge in [0.15, 0.2) is 0 Å². The monoisotopic (exact) mass is 483 g/mol. The number of hydrogen-bond acceptors (Lipinski definition) is 1. The van der Waals surface area contributed by atoms with Crippen LogP contribution in [-0.2, 0) is 0 Å². The van der Waals surface area contributed by atoms with Gasteiger partial charge in [0.1, 0.15) is 0 Å². The first-order valence-electron chi connectivity index (χ1n) is 5.08. The van der Waals surface area contributed by atoms with Gasteiger partial charge in [-0.1, -0.05) is 17.7 Å². The summed E-state index contributed by atoms with van der Waals surface area (Å²) < 4.78 is 1.95. The first-order valence-corrected chi connectivity index (χ1v) is 7.62. The van der Waals surface area contributed by atoms with Crippen LogP contribution in [0.3, 0.4) is 0 Å². The van der Waals surface area contributed by atoms with Crippen LogP contribution in [0, 0.1) is 7.14 Å². The first-order chi connectivity index (χ1) is 8.56. The molecule has 0 atom stereocenters. The van der Waals surface area contributed by atoms with Crippen LogP contribution < -0.4 is 5.32 Å². The molecule has 0 saturated carbocycles. The van der Waals surface area contributed by atoms with E-state index in [-0.39, 0.29) is 5.91 Å². The minimum absolute atomic E-state index is 0.149. The molecule has 2 rings (SSSR count). The predicted octanol–water partition coefficient (Wildman–Crippen LogP) is 4.80. The van der Waals surface area contributed by atoms with Crippen molar-refractivity contribution in [2.24, 2.45) is 0 Å². The molecule has 0 heterocycles. The highest BCUT2D eigenvalue weighted by Crippen LogP contribution is 2.20. The second-order valence-corrected chi connectivity index (χ2v) is 6.43. The Bertz CT molecular complexity index is 601. The SMILES string of the molecule is O=C(Nc1cccc(I)c1)c1cc(Cl)ccc1I. The Kier molecular flexibility index (Phi) is 4.85. The zero-order valence-corrected chi connectivity index (χ0v) is 14.2. The molecule has 0 aliphatic carbocycles. The fourth-order valence-electron chi connectivity index (χ4n) is 1.44. The summed E-state index contributed by atoms with van der Waals surface area (Å²) in [7, 11) is 0. The Labute approximate surface area is 137 Å². The summed E-state index contributed by atoms with van der Waals surface area (Å²) >= 11 is 10.2. The van der Waals surface area contributed by atoms with Crippen molar-refractivity contribution in [3.05, 3.63) is 60.2 Å². The molecule has 0 radical (unpaired) electrons. The van der Waals surface area contributed by atoms with Crippen molar-refractivity contribution in [1.29, 1.82) is 0 Å². The van der Waals surface area contributed by atoms with Gasteiger partial charge in [-0.05, 0) is 81.6 Å². The highest BCUT2D eigenvalue weighted by Gasteiger charge is 2.10. The third-order valence-electron chi connectivity index (χ3n) is 2.26. The number of hydrogen-bond donors (Lipinski definition) is 1. The molecular formula is C13H8ClI2NO. The molecule has 2 aromatic carbocycles. The van der Waals surface area contributed by atoms with Crippen LogP contribution in [0.4, 0.5) is 5.69 Å². The predicted molar refractivity (Wildman–Crippen MR) is 91.3 cm³/mol. The van der Waals surface area contributed by atoms with Crippen molar-refractivity contribution in [1.82, 2.24) is 0 Å². The summed E-state index contributed by atoms with van der Waals surface area (Å²) in [5.74, 6) is -0.149. The molecule has 0 aliphatic heterocycles. The van der Waals surface area contributed by atoms with Gasteiger partial charge in [-0.15, -0.1) is 0 Å². The molecule has 0 aromatic heterocycles. The molecule has 0 bridgehead atoms. The van der Waals surface area contributed by atoms with Gasteiger partial charge >= 0.3 is 0 Å². The molecule has 0 aliphatic rings. The molecule has 0 unspecified atom stereocenters. The molecule has 5 heteroatoms. The van der Waals surface area contributed by atoms with Crippen LogP contribution in [0.2, 0.25) is 5.02 Å². The van der Waals surface area contributed by atoms with E-state index in [4.69, 9.17) is 11.6 Å². The summed E-state index contributed by atoms with van der Waals surface area (Å²) in [4.78, 5) is 12.1. The highest BCUT2D eigenvalue weighted by atomic mass is 127. The number of carbonyl (C=O) groups is 1. The number of rotatable bonds is 2. The Hall–Kier alpha value is -0.340. The maximum atomic E-state index is 12.1. The maximum absolute atomic E-state index is 12.1. The fraction of sp³-hybridized carbons (Fsp3) is 0. The molecular weight excluding hydrogens is 475 g/mol. The number of nitrogens with one attached hydrogen (secondary N) is 1. The molecule has 2 aromatic rings. The molecule has 18 heavy (non-hydrogen) atoms. The minimum Gasteiger partial charge on any atom is -0.322 e. The van der Waals surface area contributed by atoms with E-state index in [9.17, 15) is 4.79 Å². The highest BCUT2D eigenvalue weighted by molar-refractivity contribution is 14.1. The van der Waals surface area contributed by atoms with Gasteiger partial charge < -0.3 is 5.32 Å². The number of amides is 1. The van der Waals surface area contributed by atoms with Crippen molar-refractivity contribution in [2.45, 2.75) is 0 Å². The Balaban J connectivity index is 2.24. The molecule has 0 fully saturated rings. The van der Waals surface area contributed by atoms with Gasteiger partial charge in [0.25, 0.3) is 5.91 Å². The Morgan fingerprint density at radius 1 is 1.11 bits per heavy atom. The lowest BCUT2D eigenvalue weighted by Gasteiger charge is -2.07. The van der Waals surface area contributed by atoms with E-state index >= 15 is 0 Å². The molecule has 92 valence electrons. The van der Waals surface area contributed by atoms with E-state index in [1.165, 1.54) is 0 Å². The van der Waals surface area contributed by atoms with Crippen molar-refractivity contribution in [2.75, 3.05) is 5.32 Å². The molecule has 0 saturated heterocycles. The lowest BCUT2D eigenvalue weighted by atomic mass is 10.2. The van der Waals surface area contributed by atoms with Crippen LogP contribution in [-0.4, -0.2) is 5.91 Å². The Morgan fingerprint density at radius 3 is 2.61 bits per heavy atom. The van der Waals surface area contributed by atoms with Gasteiger partial charge in [0.05, 0.1) is 5.56 Å². The second kappa shape index (κ2) is 6.21. The van der Waals surface area contributed by atoms with Crippen molar-refractivity contribution in [3.8, 4) is 0 Å². The standard InChI is InChI=1S/C13H8ClI2NO/c14-8-4-5-12(16)11(6-8)13(18)17-10-3-1-2-9(15)7-10/h1-7H,(H,17,18). The van der Waals surface area contributed by atoms with Gasteiger partial charge in [-0.3, -0.25) is 4.79 Å². The topological polar surface area (TPSA) is 29.1 Å². The van der Waals surface area contributed by atoms with E-state index in [2.05, 4.69) is 50.5 Å². The van der Waals surface area contributed by atoms with E-state index < -0.39 is 0 Å². The summed E-state index contributed by atoms with van der Waals surface area (Å²) in [5, 5.41) is 3.42. The van der Waals surface area contributed by atoms with Crippen LogP contribution in [0.15, 0.2) is 42.5 Å². The summed E-state index contributed by atoms with van der Waals surface area (Å²) in [6.45, 7) is 0. The number of halogens is 3. The summed E-state index contributed by atoms with van der Waals surface area (Å²) in [6.07, 6.45) is 0. The molecule has 2 nitrogen and oxygen atoms in total. The average Bonchev–Trinajstić information content (AvgIpc) is 2.32. The maximum Gasteiger partial charge on any atom is 0.256 e. The summed E-state index contributed by atoms with van der Waals surface area (Å²) in [5.41, 5.74) is 1.37. The van der Waals surface area contributed by atoms with Gasteiger partial charge in [-0.25, -0.2) is 0 Å². The van der Waals surface area contributed by atoms with Crippen molar-refractivity contribution < 1.29 is 4.79 Å². The Morgan fingerprint density at radius 2 is 1.89 bits per heavy atom. The number of benzene rings is 2. The fourth-order valence-corrected chi connectivity index (χ4v) is 2.73. The molecule has 1 N–H and O–H groups in total. The normalized spacial score (nSPS) is 10.2. The van der Waals surface area contributed by atoms with Crippen molar-refractivity contribution >= 4 is 68.4 Å². The lowest BCUT2D eigenvalue weighted by Crippen LogP contribution is -2.13.